The topological polar surface area (TPSA) is 38.3 Å². The lowest BCUT2D eigenvalue weighted by atomic mass is 10.1. The molecule has 0 aliphatic carbocycles. The molecule has 0 saturated heterocycles. The molecule has 1 N–H and O–H groups in total. The van der Waals surface area contributed by atoms with Crippen LogP contribution in [0.25, 0.3) is 0 Å². The molecule has 3 nitrogen and oxygen atoms in total. The first-order valence-corrected chi connectivity index (χ1v) is 8.30. The normalized spacial score (nSPS) is 10.3. The largest absolute Gasteiger partial charge is 0.489 e. The van der Waals surface area contributed by atoms with Crippen molar-refractivity contribution in [2.75, 3.05) is 6.54 Å². The third-order valence-corrected chi connectivity index (χ3v) is 3.64. The molecule has 0 bridgehead atoms. The summed E-state index contributed by atoms with van der Waals surface area (Å²) in [6.07, 6.45) is 3.44. The van der Waals surface area contributed by atoms with Gasteiger partial charge < -0.3 is 10.1 Å². The Morgan fingerprint density at radius 2 is 1.83 bits per heavy atom. The van der Waals surface area contributed by atoms with Crippen LogP contribution in [0.5, 0.6) is 5.75 Å². The van der Waals surface area contributed by atoms with E-state index in [1.54, 1.807) is 0 Å². The summed E-state index contributed by atoms with van der Waals surface area (Å²) in [6.45, 7) is 3.33. The third kappa shape index (κ3) is 6.55. The molecule has 0 aromatic heterocycles. The molecule has 0 aliphatic heterocycles. The molecular formula is C20H25NO2. The van der Waals surface area contributed by atoms with Gasteiger partial charge in [0.2, 0.25) is 5.91 Å². The van der Waals surface area contributed by atoms with Crippen molar-refractivity contribution in [2.24, 2.45) is 0 Å². The Morgan fingerprint density at radius 3 is 2.61 bits per heavy atom. The van der Waals surface area contributed by atoms with E-state index in [1.165, 1.54) is 5.56 Å². The van der Waals surface area contributed by atoms with Gasteiger partial charge in [-0.15, -0.1) is 0 Å². The zero-order valence-corrected chi connectivity index (χ0v) is 13.8. The van der Waals surface area contributed by atoms with Gasteiger partial charge in [0.25, 0.3) is 0 Å². The summed E-state index contributed by atoms with van der Waals surface area (Å²) in [5.74, 6) is 1.01. The number of carbonyl (C=O) groups is 1. The molecule has 0 fully saturated rings. The SMILES string of the molecule is CCCCC(=O)NCCc1cccc(OCc2ccccc2)c1. The third-order valence-electron chi connectivity index (χ3n) is 3.64. The molecule has 23 heavy (non-hydrogen) atoms. The molecule has 0 atom stereocenters. The number of rotatable bonds is 9. The summed E-state index contributed by atoms with van der Waals surface area (Å²) in [7, 11) is 0. The molecular weight excluding hydrogens is 286 g/mol. The fraction of sp³-hybridized carbons (Fsp3) is 0.350. The molecule has 2 rings (SSSR count). The van der Waals surface area contributed by atoms with Crippen LogP contribution < -0.4 is 10.1 Å². The first-order chi connectivity index (χ1) is 11.3. The highest BCUT2D eigenvalue weighted by Crippen LogP contribution is 2.15. The summed E-state index contributed by atoms with van der Waals surface area (Å²) in [4.78, 5) is 11.6. The second-order valence-corrected chi connectivity index (χ2v) is 5.63. The van der Waals surface area contributed by atoms with E-state index < -0.39 is 0 Å². The van der Waals surface area contributed by atoms with E-state index in [2.05, 4.69) is 30.4 Å². The van der Waals surface area contributed by atoms with Crippen LogP contribution in [0, 0.1) is 0 Å². The molecule has 0 saturated carbocycles. The van der Waals surface area contributed by atoms with E-state index in [9.17, 15) is 4.79 Å². The van der Waals surface area contributed by atoms with Gasteiger partial charge in [0.1, 0.15) is 12.4 Å². The molecule has 0 spiro atoms. The Balaban J connectivity index is 1.77. The highest BCUT2D eigenvalue weighted by Gasteiger charge is 2.01. The molecule has 0 aliphatic rings. The Labute approximate surface area is 138 Å². The molecule has 3 heteroatoms. The fourth-order valence-electron chi connectivity index (χ4n) is 2.30. The molecule has 2 aromatic carbocycles. The molecule has 2 aromatic rings. The van der Waals surface area contributed by atoms with Crippen LogP contribution in [0.2, 0.25) is 0 Å². The van der Waals surface area contributed by atoms with E-state index in [-0.39, 0.29) is 5.91 Å². The van der Waals surface area contributed by atoms with Gasteiger partial charge in [-0.3, -0.25) is 4.79 Å². The smallest absolute Gasteiger partial charge is 0.220 e. The molecule has 0 radical (unpaired) electrons. The van der Waals surface area contributed by atoms with Crippen molar-refractivity contribution in [2.45, 2.75) is 39.2 Å². The van der Waals surface area contributed by atoms with Crippen LogP contribution in [0.1, 0.15) is 37.3 Å². The van der Waals surface area contributed by atoms with Crippen molar-refractivity contribution in [3.63, 3.8) is 0 Å². The van der Waals surface area contributed by atoms with Crippen molar-refractivity contribution in [3.05, 3.63) is 65.7 Å². The number of amides is 1. The minimum Gasteiger partial charge on any atom is -0.489 e. The number of benzene rings is 2. The zero-order chi connectivity index (χ0) is 16.3. The molecule has 1 amide bonds. The Hall–Kier alpha value is -2.29. The van der Waals surface area contributed by atoms with Gasteiger partial charge in [0.15, 0.2) is 0 Å². The monoisotopic (exact) mass is 311 g/mol. The van der Waals surface area contributed by atoms with Gasteiger partial charge in [-0.05, 0) is 36.1 Å². The lowest BCUT2D eigenvalue weighted by Gasteiger charge is -2.09. The van der Waals surface area contributed by atoms with E-state index in [1.807, 2.05) is 36.4 Å². The van der Waals surface area contributed by atoms with Gasteiger partial charge in [-0.1, -0.05) is 55.8 Å². The summed E-state index contributed by atoms with van der Waals surface area (Å²) >= 11 is 0. The molecule has 0 unspecified atom stereocenters. The number of carbonyl (C=O) groups excluding carboxylic acids is 1. The summed E-state index contributed by atoms with van der Waals surface area (Å²) in [5, 5.41) is 2.96. The number of unbranched alkanes of at least 4 members (excludes halogenated alkanes) is 1. The summed E-state index contributed by atoms with van der Waals surface area (Å²) in [5.41, 5.74) is 2.33. The summed E-state index contributed by atoms with van der Waals surface area (Å²) in [6, 6.07) is 18.2. The van der Waals surface area contributed by atoms with E-state index in [4.69, 9.17) is 4.74 Å². The Kier molecular flexibility index (Phi) is 7.18. The van der Waals surface area contributed by atoms with Crippen molar-refractivity contribution < 1.29 is 9.53 Å². The van der Waals surface area contributed by atoms with Crippen molar-refractivity contribution in [1.29, 1.82) is 0 Å². The van der Waals surface area contributed by atoms with Crippen LogP contribution in [-0.4, -0.2) is 12.5 Å². The van der Waals surface area contributed by atoms with Crippen molar-refractivity contribution >= 4 is 5.91 Å². The maximum atomic E-state index is 11.6. The molecule has 0 heterocycles. The summed E-state index contributed by atoms with van der Waals surface area (Å²) < 4.78 is 5.83. The van der Waals surface area contributed by atoms with E-state index in [0.717, 1.165) is 30.6 Å². The van der Waals surface area contributed by atoms with Gasteiger partial charge in [0.05, 0.1) is 0 Å². The van der Waals surface area contributed by atoms with Crippen LogP contribution >= 0.6 is 0 Å². The standard InChI is InChI=1S/C20H25NO2/c1-2-3-12-20(22)21-14-13-17-10-7-11-19(15-17)23-16-18-8-5-4-6-9-18/h4-11,15H,2-3,12-14,16H2,1H3,(H,21,22). The predicted molar refractivity (Wildman–Crippen MR) is 93.5 cm³/mol. The van der Waals surface area contributed by atoms with Gasteiger partial charge in [-0.2, -0.15) is 0 Å². The lowest BCUT2D eigenvalue weighted by molar-refractivity contribution is -0.121. The first kappa shape index (κ1) is 17.1. The van der Waals surface area contributed by atoms with Crippen LogP contribution in [-0.2, 0) is 17.8 Å². The Bertz CT molecular complexity index is 596. The second-order valence-electron chi connectivity index (χ2n) is 5.63. The number of ether oxygens (including phenoxy) is 1. The number of hydrogen-bond acceptors (Lipinski definition) is 2. The fourth-order valence-corrected chi connectivity index (χ4v) is 2.30. The number of hydrogen-bond donors (Lipinski definition) is 1. The lowest BCUT2D eigenvalue weighted by Crippen LogP contribution is -2.25. The van der Waals surface area contributed by atoms with Crippen molar-refractivity contribution in [1.82, 2.24) is 5.32 Å². The maximum Gasteiger partial charge on any atom is 0.220 e. The quantitative estimate of drug-likeness (QED) is 0.756. The van der Waals surface area contributed by atoms with Gasteiger partial charge in [0, 0.05) is 13.0 Å². The maximum absolute atomic E-state index is 11.6. The van der Waals surface area contributed by atoms with E-state index in [0.29, 0.717) is 19.6 Å². The van der Waals surface area contributed by atoms with Crippen LogP contribution in [0.15, 0.2) is 54.6 Å². The average molecular weight is 311 g/mol. The van der Waals surface area contributed by atoms with Gasteiger partial charge in [-0.25, -0.2) is 0 Å². The van der Waals surface area contributed by atoms with Crippen LogP contribution in [0.3, 0.4) is 0 Å². The highest BCUT2D eigenvalue weighted by molar-refractivity contribution is 5.75. The highest BCUT2D eigenvalue weighted by atomic mass is 16.5. The van der Waals surface area contributed by atoms with E-state index >= 15 is 0 Å². The molecule has 122 valence electrons. The number of nitrogens with one attached hydrogen (secondary N) is 1. The average Bonchev–Trinajstić information content (AvgIpc) is 2.59. The Morgan fingerprint density at radius 1 is 1.04 bits per heavy atom. The van der Waals surface area contributed by atoms with Gasteiger partial charge >= 0.3 is 0 Å². The second kappa shape index (κ2) is 9.67. The van der Waals surface area contributed by atoms with Crippen molar-refractivity contribution in [3.8, 4) is 5.75 Å². The first-order valence-electron chi connectivity index (χ1n) is 8.30. The van der Waals surface area contributed by atoms with Crippen LogP contribution in [0.4, 0.5) is 0 Å². The predicted octanol–water partition coefficient (Wildman–Crippen LogP) is 4.11. The minimum atomic E-state index is 0.142. The minimum absolute atomic E-state index is 0.142. The zero-order valence-electron chi connectivity index (χ0n) is 13.8.